The Bertz CT molecular complexity index is 485. The van der Waals surface area contributed by atoms with Crippen molar-refractivity contribution in [3.63, 3.8) is 0 Å². The molecule has 124 valence electrons. The molecule has 5 nitrogen and oxygen atoms in total. The standard InChI is InChI=1S/C16H27N3O2S/c1-18-8-5-16(20,6-9-18)14-12-22-15(17-14)10-19-7-3-4-13(19)11-21-2/h12-13,20H,3-11H2,1-2H3. The lowest BCUT2D eigenvalue weighted by molar-refractivity contribution is -0.0235. The van der Waals surface area contributed by atoms with Crippen LogP contribution in [0, 0.1) is 0 Å². The van der Waals surface area contributed by atoms with Gasteiger partial charge in [0.15, 0.2) is 0 Å². The van der Waals surface area contributed by atoms with Gasteiger partial charge in [0.1, 0.15) is 10.6 Å². The first-order valence-corrected chi connectivity index (χ1v) is 9.07. The Morgan fingerprint density at radius 3 is 2.91 bits per heavy atom. The fourth-order valence-corrected chi connectivity index (χ4v) is 4.41. The summed E-state index contributed by atoms with van der Waals surface area (Å²) in [6, 6.07) is 0.517. The maximum absolute atomic E-state index is 10.9. The maximum atomic E-state index is 10.9. The first kappa shape index (κ1) is 16.3. The predicted molar refractivity (Wildman–Crippen MR) is 88.0 cm³/mol. The number of nitrogens with zero attached hydrogens (tertiary/aromatic N) is 3. The normalized spacial score (nSPS) is 26.6. The number of hydrogen-bond acceptors (Lipinski definition) is 6. The number of rotatable bonds is 5. The van der Waals surface area contributed by atoms with Crippen LogP contribution in [0.3, 0.4) is 0 Å². The molecule has 3 heterocycles. The minimum absolute atomic E-state index is 0.517. The molecule has 1 atom stereocenters. The number of piperidine rings is 1. The van der Waals surface area contributed by atoms with Gasteiger partial charge in [-0.15, -0.1) is 11.3 Å². The van der Waals surface area contributed by atoms with Crippen molar-refractivity contribution in [1.82, 2.24) is 14.8 Å². The Hall–Kier alpha value is -0.530. The molecule has 3 rings (SSSR count). The Morgan fingerprint density at radius 1 is 1.41 bits per heavy atom. The molecule has 1 N–H and O–H groups in total. The topological polar surface area (TPSA) is 48.8 Å². The second-order valence-corrected chi connectivity index (χ2v) is 7.63. The van der Waals surface area contributed by atoms with Crippen molar-refractivity contribution in [2.75, 3.05) is 40.4 Å². The molecule has 0 spiro atoms. The van der Waals surface area contributed by atoms with Gasteiger partial charge in [-0.25, -0.2) is 4.98 Å². The van der Waals surface area contributed by atoms with Crippen LogP contribution in [0.15, 0.2) is 5.38 Å². The molecular weight excluding hydrogens is 298 g/mol. The van der Waals surface area contributed by atoms with E-state index in [0.717, 1.165) is 56.3 Å². The van der Waals surface area contributed by atoms with Gasteiger partial charge in [0, 0.05) is 31.6 Å². The second-order valence-electron chi connectivity index (χ2n) is 6.68. The minimum Gasteiger partial charge on any atom is -0.383 e. The van der Waals surface area contributed by atoms with E-state index in [9.17, 15) is 5.11 Å². The molecule has 2 aliphatic heterocycles. The van der Waals surface area contributed by atoms with Crippen LogP contribution in [0.1, 0.15) is 36.4 Å². The van der Waals surface area contributed by atoms with E-state index in [1.807, 2.05) is 0 Å². The molecular formula is C16H27N3O2S. The molecule has 22 heavy (non-hydrogen) atoms. The third kappa shape index (κ3) is 3.51. The summed E-state index contributed by atoms with van der Waals surface area (Å²) in [7, 11) is 3.88. The third-order valence-electron chi connectivity index (χ3n) is 5.04. The number of likely N-dealkylation sites (tertiary alicyclic amines) is 2. The fraction of sp³-hybridized carbons (Fsp3) is 0.812. The van der Waals surface area contributed by atoms with Crippen molar-refractivity contribution in [1.29, 1.82) is 0 Å². The molecule has 1 aromatic rings. The van der Waals surface area contributed by atoms with Gasteiger partial charge in [0.2, 0.25) is 0 Å². The highest BCUT2D eigenvalue weighted by atomic mass is 32.1. The van der Waals surface area contributed by atoms with Crippen molar-refractivity contribution in [3.05, 3.63) is 16.1 Å². The van der Waals surface area contributed by atoms with Crippen LogP contribution in [0.25, 0.3) is 0 Å². The summed E-state index contributed by atoms with van der Waals surface area (Å²) in [4.78, 5) is 9.48. The zero-order valence-corrected chi connectivity index (χ0v) is 14.4. The molecule has 2 aliphatic rings. The van der Waals surface area contributed by atoms with Crippen molar-refractivity contribution in [2.24, 2.45) is 0 Å². The smallest absolute Gasteiger partial charge is 0.110 e. The molecule has 1 unspecified atom stereocenters. The molecule has 0 bridgehead atoms. The van der Waals surface area contributed by atoms with Gasteiger partial charge in [-0.2, -0.15) is 0 Å². The maximum Gasteiger partial charge on any atom is 0.110 e. The van der Waals surface area contributed by atoms with Crippen molar-refractivity contribution in [2.45, 2.75) is 43.9 Å². The highest BCUT2D eigenvalue weighted by Gasteiger charge is 2.35. The number of methoxy groups -OCH3 is 1. The lowest BCUT2D eigenvalue weighted by Crippen LogP contribution is -2.41. The molecule has 2 fully saturated rings. The molecule has 6 heteroatoms. The van der Waals surface area contributed by atoms with E-state index >= 15 is 0 Å². The van der Waals surface area contributed by atoms with Crippen LogP contribution in [0.2, 0.25) is 0 Å². The summed E-state index contributed by atoms with van der Waals surface area (Å²) < 4.78 is 5.32. The quantitative estimate of drug-likeness (QED) is 0.892. The summed E-state index contributed by atoms with van der Waals surface area (Å²) in [5, 5.41) is 14.0. The average Bonchev–Trinajstić information content (AvgIpc) is 3.14. The minimum atomic E-state index is -0.724. The Morgan fingerprint density at radius 2 is 2.18 bits per heavy atom. The van der Waals surface area contributed by atoms with Crippen LogP contribution in [0.4, 0.5) is 0 Å². The van der Waals surface area contributed by atoms with E-state index in [1.165, 1.54) is 12.8 Å². The van der Waals surface area contributed by atoms with Crippen LogP contribution in [0.5, 0.6) is 0 Å². The van der Waals surface area contributed by atoms with Crippen LogP contribution < -0.4 is 0 Å². The number of ether oxygens (including phenoxy) is 1. The van der Waals surface area contributed by atoms with Gasteiger partial charge >= 0.3 is 0 Å². The fourth-order valence-electron chi connectivity index (χ4n) is 3.50. The zero-order chi connectivity index (χ0) is 15.6. The lowest BCUT2D eigenvalue weighted by atomic mass is 9.89. The van der Waals surface area contributed by atoms with Gasteiger partial charge in [0.05, 0.1) is 18.8 Å². The first-order chi connectivity index (χ1) is 10.6. The van der Waals surface area contributed by atoms with E-state index in [4.69, 9.17) is 9.72 Å². The van der Waals surface area contributed by atoms with Crippen LogP contribution in [-0.4, -0.2) is 66.3 Å². The van der Waals surface area contributed by atoms with Crippen molar-refractivity contribution >= 4 is 11.3 Å². The molecule has 0 aromatic carbocycles. The van der Waals surface area contributed by atoms with Gasteiger partial charge in [0.25, 0.3) is 0 Å². The van der Waals surface area contributed by atoms with E-state index < -0.39 is 5.60 Å². The van der Waals surface area contributed by atoms with Gasteiger partial charge in [-0.05, 0) is 39.3 Å². The lowest BCUT2D eigenvalue weighted by Gasteiger charge is -2.35. The Labute approximate surface area is 136 Å². The van der Waals surface area contributed by atoms with Crippen LogP contribution in [-0.2, 0) is 16.9 Å². The van der Waals surface area contributed by atoms with Crippen molar-refractivity contribution < 1.29 is 9.84 Å². The van der Waals surface area contributed by atoms with E-state index in [-0.39, 0.29) is 0 Å². The summed E-state index contributed by atoms with van der Waals surface area (Å²) in [5.74, 6) is 0. The SMILES string of the molecule is COCC1CCCN1Cc1nc(C2(O)CCN(C)CC2)cs1. The Balaban J connectivity index is 1.64. The van der Waals surface area contributed by atoms with Gasteiger partial charge < -0.3 is 14.7 Å². The summed E-state index contributed by atoms with van der Waals surface area (Å²) >= 11 is 1.68. The molecule has 0 saturated carbocycles. The highest BCUT2D eigenvalue weighted by Crippen LogP contribution is 2.33. The molecule has 1 aromatic heterocycles. The first-order valence-electron chi connectivity index (χ1n) is 8.19. The number of thiazole rings is 1. The summed E-state index contributed by atoms with van der Waals surface area (Å²) in [5.41, 5.74) is 0.154. The van der Waals surface area contributed by atoms with Gasteiger partial charge in [-0.1, -0.05) is 0 Å². The number of hydrogen-bond donors (Lipinski definition) is 1. The third-order valence-corrected chi connectivity index (χ3v) is 5.87. The molecule has 0 amide bonds. The largest absolute Gasteiger partial charge is 0.383 e. The van der Waals surface area contributed by atoms with Crippen molar-refractivity contribution in [3.8, 4) is 0 Å². The highest BCUT2D eigenvalue weighted by molar-refractivity contribution is 7.09. The number of aliphatic hydroxyl groups is 1. The Kier molecular flexibility index (Phi) is 5.14. The summed E-state index contributed by atoms with van der Waals surface area (Å²) in [6.45, 7) is 4.68. The van der Waals surface area contributed by atoms with Crippen LogP contribution >= 0.6 is 11.3 Å². The zero-order valence-electron chi connectivity index (χ0n) is 13.6. The summed E-state index contributed by atoms with van der Waals surface area (Å²) in [6.07, 6.45) is 4.01. The predicted octanol–water partition coefficient (Wildman–Crippen LogP) is 1.67. The van der Waals surface area contributed by atoms with Gasteiger partial charge in [-0.3, -0.25) is 4.90 Å². The van der Waals surface area contributed by atoms with E-state index in [1.54, 1.807) is 18.4 Å². The molecule has 0 aliphatic carbocycles. The monoisotopic (exact) mass is 325 g/mol. The molecule has 0 radical (unpaired) electrons. The average molecular weight is 325 g/mol. The van der Waals surface area contributed by atoms with E-state index in [2.05, 4.69) is 22.2 Å². The van der Waals surface area contributed by atoms with E-state index in [0.29, 0.717) is 6.04 Å². The second kappa shape index (κ2) is 6.93. The molecule has 2 saturated heterocycles. The number of aromatic nitrogens is 1.